The van der Waals surface area contributed by atoms with Crippen LogP contribution < -0.4 is 0 Å². The predicted molar refractivity (Wildman–Crippen MR) is 133 cm³/mol. The fourth-order valence-electron chi connectivity index (χ4n) is 4.95. The molecule has 0 N–H and O–H groups in total. The molecule has 2 heterocycles. The second-order valence-corrected chi connectivity index (χ2v) is 9.46. The number of hydrogen-bond acceptors (Lipinski definition) is 3. The Balaban J connectivity index is 1.42. The maximum absolute atomic E-state index is 13.6. The van der Waals surface area contributed by atoms with Crippen molar-refractivity contribution in [3.05, 3.63) is 106 Å². The summed E-state index contributed by atoms with van der Waals surface area (Å²) in [6.07, 6.45) is 1.73. The molecule has 0 fully saturated rings. The fourth-order valence-corrected chi connectivity index (χ4v) is 4.95. The van der Waals surface area contributed by atoms with Crippen molar-refractivity contribution in [3.8, 4) is 0 Å². The van der Waals surface area contributed by atoms with E-state index in [-0.39, 0.29) is 11.9 Å². The van der Waals surface area contributed by atoms with Crippen molar-refractivity contribution in [2.45, 2.75) is 46.2 Å². The van der Waals surface area contributed by atoms with Gasteiger partial charge in [-0.3, -0.25) is 9.69 Å². The van der Waals surface area contributed by atoms with Gasteiger partial charge in [-0.15, -0.1) is 0 Å². The van der Waals surface area contributed by atoms with E-state index in [1.54, 1.807) is 5.01 Å². The third kappa shape index (κ3) is 4.49. The minimum absolute atomic E-state index is 0.0647. The Morgan fingerprint density at radius 2 is 1.67 bits per heavy atom. The highest BCUT2D eigenvalue weighted by Crippen LogP contribution is 2.34. The molecule has 0 bridgehead atoms. The fraction of sp³-hybridized carbons (Fsp3) is 0.310. The first-order chi connectivity index (χ1) is 16.0. The van der Waals surface area contributed by atoms with Gasteiger partial charge in [0.05, 0.1) is 18.3 Å². The number of aryl methyl sites for hydroxylation is 3. The second-order valence-electron chi connectivity index (χ2n) is 9.46. The minimum atomic E-state index is -0.0647. The zero-order valence-electron chi connectivity index (χ0n) is 19.7. The van der Waals surface area contributed by atoms with Gasteiger partial charge in [0.1, 0.15) is 0 Å². The van der Waals surface area contributed by atoms with Gasteiger partial charge in [-0.2, -0.15) is 5.10 Å². The Hall–Kier alpha value is -3.24. The average molecular weight is 438 g/mol. The van der Waals surface area contributed by atoms with Crippen LogP contribution in [0.4, 0.5) is 0 Å². The third-order valence-corrected chi connectivity index (χ3v) is 6.90. The van der Waals surface area contributed by atoms with Gasteiger partial charge in [0.15, 0.2) is 0 Å². The SMILES string of the molecule is Cc1ccc(C2CC(c3cc(C)ccc3C)=NN2C(=O)CN2CCc3ccccc3C2)cc1. The molecule has 1 unspecified atom stereocenters. The number of rotatable bonds is 4. The van der Waals surface area contributed by atoms with Crippen molar-refractivity contribution in [2.75, 3.05) is 13.1 Å². The summed E-state index contributed by atoms with van der Waals surface area (Å²) >= 11 is 0. The summed E-state index contributed by atoms with van der Waals surface area (Å²) in [6, 6.07) is 23.5. The number of hydrazone groups is 1. The summed E-state index contributed by atoms with van der Waals surface area (Å²) in [5.41, 5.74) is 9.64. The zero-order chi connectivity index (χ0) is 22.9. The molecule has 0 spiro atoms. The topological polar surface area (TPSA) is 35.9 Å². The van der Waals surface area contributed by atoms with Crippen molar-refractivity contribution < 1.29 is 4.79 Å². The van der Waals surface area contributed by atoms with E-state index in [0.717, 1.165) is 42.8 Å². The maximum atomic E-state index is 13.6. The summed E-state index contributed by atoms with van der Waals surface area (Å²) < 4.78 is 0. The van der Waals surface area contributed by atoms with E-state index in [4.69, 9.17) is 5.10 Å². The molecule has 0 saturated carbocycles. The van der Waals surface area contributed by atoms with Crippen molar-refractivity contribution in [1.29, 1.82) is 0 Å². The van der Waals surface area contributed by atoms with E-state index in [1.807, 2.05) is 0 Å². The molecule has 2 aliphatic heterocycles. The predicted octanol–water partition coefficient (Wildman–Crippen LogP) is 5.35. The number of hydrogen-bond donors (Lipinski definition) is 0. The molecule has 0 saturated heterocycles. The molecule has 0 aliphatic carbocycles. The van der Waals surface area contributed by atoms with Crippen LogP contribution in [-0.2, 0) is 17.8 Å². The summed E-state index contributed by atoms with van der Waals surface area (Å²) in [5.74, 6) is 0.0697. The molecule has 33 heavy (non-hydrogen) atoms. The molecule has 3 aromatic carbocycles. The van der Waals surface area contributed by atoms with E-state index in [9.17, 15) is 4.79 Å². The highest BCUT2D eigenvalue weighted by atomic mass is 16.2. The van der Waals surface area contributed by atoms with Crippen molar-refractivity contribution >= 4 is 11.6 Å². The van der Waals surface area contributed by atoms with E-state index in [2.05, 4.69) is 92.4 Å². The lowest BCUT2D eigenvalue weighted by Gasteiger charge is -2.30. The second kappa shape index (κ2) is 8.95. The molecular formula is C29H31N3O. The number of amides is 1. The Morgan fingerprint density at radius 1 is 0.939 bits per heavy atom. The quantitative estimate of drug-likeness (QED) is 0.552. The van der Waals surface area contributed by atoms with Crippen LogP contribution in [0.3, 0.4) is 0 Å². The number of carbonyl (C=O) groups excluding carboxylic acids is 1. The first-order valence-corrected chi connectivity index (χ1v) is 11.8. The molecule has 1 amide bonds. The molecule has 0 aromatic heterocycles. The molecule has 3 aromatic rings. The van der Waals surface area contributed by atoms with Gasteiger partial charge < -0.3 is 0 Å². The highest BCUT2D eigenvalue weighted by molar-refractivity contribution is 6.04. The lowest BCUT2D eigenvalue weighted by Crippen LogP contribution is -2.40. The Morgan fingerprint density at radius 3 is 2.45 bits per heavy atom. The van der Waals surface area contributed by atoms with Crippen molar-refractivity contribution in [1.82, 2.24) is 9.91 Å². The number of benzene rings is 3. The maximum Gasteiger partial charge on any atom is 0.257 e. The standard InChI is InChI=1S/C29H31N3O/c1-20-9-12-24(13-10-20)28-17-27(26-16-21(2)8-11-22(26)3)30-32(28)29(33)19-31-15-14-23-6-4-5-7-25(23)18-31/h4-13,16,28H,14-15,17-19H2,1-3H3. The summed E-state index contributed by atoms with van der Waals surface area (Å²) in [7, 11) is 0. The van der Waals surface area contributed by atoms with Gasteiger partial charge in [0.25, 0.3) is 5.91 Å². The number of fused-ring (bicyclic) bond motifs is 1. The normalized spacial score (nSPS) is 18.2. The molecule has 4 nitrogen and oxygen atoms in total. The van der Waals surface area contributed by atoms with Crippen LogP contribution in [0.15, 0.2) is 71.8 Å². The van der Waals surface area contributed by atoms with Gasteiger partial charge in [-0.1, -0.05) is 71.8 Å². The molecule has 168 valence electrons. The van der Waals surface area contributed by atoms with Crippen LogP contribution in [0.2, 0.25) is 0 Å². The van der Waals surface area contributed by atoms with E-state index < -0.39 is 0 Å². The molecule has 0 radical (unpaired) electrons. The van der Waals surface area contributed by atoms with Gasteiger partial charge in [-0.05, 0) is 55.5 Å². The highest BCUT2D eigenvalue weighted by Gasteiger charge is 2.34. The van der Waals surface area contributed by atoms with Crippen LogP contribution >= 0.6 is 0 Å². The van der Waals surface area contributed by atoms with E-state index in [0.29, 0.717) is 6.54 Å². The van der Waals surface area contributed by atoms with Crippen LogP contribution in [0.1, 0.15) is 51.4 Å². The number of carbonyl (C=O) groups is 1. The van der Waals surface area contributed by atoms with Crippen LogP contribution in [0, 0.1) is 20.8 Å². The summed E-state index contributed by atoms with van der Waals surface area (Å²) in [5, 5.41) is 6.68. The van der Waals surface area contributed by atoms with Gasteiger partial charge in [0.2, 0.25) is 0 Å². The van der Waals surface area contributed by atoms with Crippen LogP contribution in [0.5, 0.6) is 0 Å². The molecule has 2 aliphatic rings. The van der Waals surface area contributed by atoms with E-state index >= 15 is 0 Å². The monoisotopic (exact) mass is 437 g/mol. The Bertz CT molecular complexity index is 1210. The van der Waals surface area contributed by atoms with Crippen molar-refractivity contribution in [3.63, 3.8) is 0 Å². The largest absolute Gasteiger partial charge is 0.290 e. The smallest absolute Gasteiger partial charge is 0.257 e. The van der Waals surface area contributed by atoms with Crippen molar-refractivity contribution in [2.24, 2.45) is 5.10 Å². The zero-order valence-corrected chi connectivity index (χ0v) is 19.7. The Labute approximate surface area is 196 Å². The van der Waals surface area contributed by atoms with Crippen LogP contribution in [-0.4, -0.2) is 34.6 Å². The summed E-state index contributed by atoms with van der Waals surface area (Å²) in [4.78, 5) is 15.8. The lowest BCUT2D eigenvalue weighted by molar-refractivity contribution is -0.134. The van der Waals surface area contributed by atoms with Crippen LogP contribution in [0.25, 0.3) is 0 Å². The van der Waals surface area contributed by atoms with Gasteiger partial charge in [0, 0.05) is 25.1 Å². The minimum Gasteiger partial charge on any atom is -0.290 e. The summed E-state index contributed by atoms with van der Waals surface area (Å²) in [6.45, 7) is 8.42. The number of nitrogens with zero attached hydrogens (tertiary/aromatic N) is 3. The Kier molecular flexibility index (Phi) is 5.86. The molecule has 1 atom stereocenters. The average Bonchev–Trinajstić information content (AvgIpc) is 3.26. The first kappa shape index (κ1) is 21.6. The van der Waals surface area contributed by atoms with Gasteiger partial charge in [-0.25, -0.2) is 5.01 Å². The molecule has 4 heteroatoms. The van der Waals surface area contributed by atoms with E-state index in [1.165, 1.54) is 27.8 Å². The third-order valence-electron chi connectivity index (χ3n) is 6.90. The molecular weight excluding hydrogens is 406 g/mol. The first-order valence-electron chi connectivity index (χ1n) is 11.8. The van der Waals surface area contributed by atoms with Gasteiger partial charge >= 0.3 is 0 Å². The lowest BCUT2D eigenvalue weighted by atomic mass is 9.94. The molecule has 5 rings (SSSR count).